The number of carbonyl (C=O) groups is 2. The number of ether oxygens (including phenoxy) is 1. The van der Waals surface area contributed by atoms with E-state index in [1.807, 2.05) is 13.8 Å². The van der Waals surface area contributed by atoms with E-state index in [9.17, 15) is 19.1 Å². The second-order valence-electron chi connectivity index (χ2n) is 7.49. The number of carbonyl (C=O) groups excluding carboxylic acids is 2. The van der Waals surface area contributed by atoms with Gasteiger partial charge >= 0.3 is 0 Å². The minimum absolute atomic E-state index is 0.101. The molecule has 0 bridgehead atoms. The van der Waals surface area contributed by atoms with Crippen molar-refractivity contribution in [2.45, 2.75) is 26.3 Å². The maximum Gasteiger partial charge on any atom is 0.300 e. The Kier molecular flexibility index (Phi) is 5.81. The molecule has 1 unspecified atom stereocenters. The first-order chi connectivity index (χ1) is 15.4. The van der Waals surface area contributed by atoms with Crippen molar-refractivity contribution in [1.82, 2.24) is 0 Å². The largest absolute Gasteiger partial charge is 0.507 e. The summed E-state index contributed by atoms with van der Waals surface area (Å²) in [4.78, 5) is 27.2. The number of nitrogens with zero attached hydrogens (tertiary/aromatic N) is 1. The van der Waals surface area contributed by atoms with Crippen molar-refractivity contribution in [3.63, 3.8) is 0 Å². The van der Waals surface area contributed by atoms with E-state index in [0.717, 1.165) is 12.0 Å². The highest BCUT2D eigenvalue weighted by Crippen LogP contribution is 2.42. The van der Waals surface area contributed by atoms with Crippen LogP contribution in [0.25, 0.3) is 5.76 Å². The van der Waals surface area contributed by atoms with Gasteiger partial charge in [-0.3, -0.25) is 14.5 Å². The number of ketones is 1. The Balaban J connectivity index is 1.83. The van der Waals surface area contributed by atoms with Gasteiger partial charge in [0.15, 0.2) is 0 Å². The van der Waals surface area contributed by atoms with Crippen LogP contribution in [0.2, 0.25) is 0 Å². The van der Waals surface area contributed by atoms with Crippen LogP contribution in [0.4, 0.5) is 10.1 Å². The van der Waals surface area contributed by atoms with Crippen molar-refractivity contribution < 1.29 is 28.2 Å². The number of aliphatic hydroxyl groups excluding tert-OH is 1. The maximum atomic E-state index is 13.4. The fourth-order valence-electron chi connectivity index (χ4n) is 3.74. The van der Waals surface area contributed by atoms with Crippen LogP contribution in [-0.2, 0) is 9.59 Å². The number of halogens is 1. The van der Waals surface area contributed by atoms with E-state index in [1.54, 1.807) is 30.3 Å². The summed E-state index contributed by atoms with van der Waals surface area (Å²) in [7, 11) is 0. The molecule has 2 heterocycles. The Bertz CT molecular complexity index is 1180. The molecule has 1 aromatic heterocycles. The van der Waals surface area contributed by atoms with Gasteiger partial charge in [-0.2, -0.15) is 0 Å². The third-order valence-corrected chi connectivity index (χ3v) is 5.27. The van der Waals surface area contributed by atoms with Crippen LogP contribution in [0.1, 0.15) is 36.3 Å². The highest BCUT2D eigenvalue weighted by Gasteiger charge is 2.48. The molecule has 0 aliphatic carbocycles. The number of furan rings is 1. The molecule has 0 radical (unpaired) electrons. The standard InChI is InChI=1S/C25H22FNO5/c1-3-12-31-19-11-6-16(14-15(19)2)23(28)21-22(20-5-4-13-32-20)27(25(30)24(21)29)18-9-7-17(26)8-10-18/h4-11,13-14,22,28H,3,12H2,1-2H3/b23-21-. The summed E-state index contributed by atoms with van der Waals surface area (Å²) in [6.07, 6.45) is 2.28. The SMILES string of the molecule is CCCOc1ccc(/C(O)=C2/C(=O)C(=O)N(c3ccc(F)cc3)C2c2ccco2)cc1C. The van der Waals surface area contributed by atoms with Gasteiger partial charge in [-0.1, -0.05) is 6.92 Å². The zero-order valence-corrected chi connectivity index (χ0v) is 17.7. The van der Waals surface area contributed by atoms with Gasteiger partial charge in [0.25, 0.3) is 11.7 Å². The molecule has 1 saturated heterocycles. The Morgan fingerprint density at radius 2 is 1.91 bits per heavy atom. The summed E-state index contributed by atoms with van der Waals surface area (Å²) < 4.78 is 24.6. The van der Waals surface area contributed by atoms with Crippen LogP contribution in [0.3, 0.4) is 0 Å². The minimum atomic E-state index is -0.994. The number of Topliss-reactive ketones (excluding diaryl/α,β-unsaturated/α-hetero) is 1. The summed E-state index contributed by atoms with van der Waals surface area (Å²) >= 11 is 0. The molecule has 0 saturated carbocycles. The Labute approximate surface area is 184 Å². The van der Waals surface area contributed by atoms with Crippen LogP contribution < -0.4 is 9.64 Å². The van der Waals surface area contributed by atoms with E-state index in [1.165, 1.54) is 35.4 Å². The molecule has 1 aliphatic heterocycles. The first-order valence-electron chi connectivity index (χ1n) is 10.3. The van der Waals surface area contributed by atoms with Crippen LogP contribution in [0.15, 0.2) is 70.9 Å². The van der Waals surface area contributed by atoms with Crippen LogP contribution in [0.5, 0.6) is 5.75 Å². The number of rotatable bonds is 6. The Morgan fingerprint density at radius 1 is 1.16 bits per heavy atom. The quantitative estimate of drug-likeness (QED) is 0.329. The van der Waals surface area contributed by atoms with E-state index in [2.05, 4.69) is 0 Å². The van der Waals surface area contributed by atoms with Crippen molar-refractivity contribution in [3.8, 4) is 5.75 Å². The zero-order chi connectivity index (χ0) is 22.8. The molecule has 0 spiro atoms. The van der Waals surface area contributed by atoms with E-state index < -0.39 is 23.5 Å². The van der Waals surface area contributed by atoms with Gasteiger partial charge in [0, 0.05) is 11.3 Å². The molecule has 6 nitrogen and oxygen atoms in total. The maximum absolute atomic E-state index is 13.4. The molecule has 1 aliphatic rings. The second kappa shape index (κ2) is 8.70. The minimum Gasteiger partial charge on any atom is -0.507 e. The molecule has 4 rings (SSSR count). The van der Waals surface area contributed by atoms with Crippen molar-refractivity contribution in [2.24, 2.45) is 0 Å². The first-order valence-corrected chi connectivity index (χ1v) is 10.3. The number of aliphatic hydroxyl groups is 1. The average Bonchev–Trinajstić information content (AvgIpc) is 3.40. The van der Waals surface area contributed by atoms with Crippen LogP contribution in [0, 0.1) is 12.7 Å². The highest BCUT2D eigenvalue weighted by molar-refractivity contribution is 6.51. The lowest BCUT2D eigenvalue weighted by atomic mass is 9.98. The summed E-state index contributed by atoms with van der Waals surface area (Å²) in [5.74, 6) is -1.50. The number of anilines is 1. The summed E-state index contributed by atoms with van der Waals surface area (Å²) in [5, 5.41) is 11.1. The molecular weight excluding hydrogens is 413 g/mol. The molecule has 1 atom stereocenters. The Morgan fingerprint density at radius 3 is 2.53 bits per heavy atom. The van der Waals surface area contributed by atoms with E-state index in [-0.39, 0.29) is 11.3 Å². The van der Waals surface area contributed by atoms with E-state index >= 15 is 0 Å². The molecule has 2 aromatic carbocycles. The third kappa shape index (κ3) is 3.77. The third-order valence-electron chi connectivity index (χ3n) is 5.27. The number of aryl methyl sites for hydroxylation is 1. The average molecular weight is 435 g/mol. The zero-order valence-electron chi connectivity index (χ0n) is 17.7. The molecule has 32 heavy (non-hydrogen) atoms. The van der Waals surface area contributed by atoms with Gasteiger partial charge in [-0.05, 0) is 73.5 Å². The van der Waals surface area contributed by atoms with Crippen molar-refractivity contribution in [2.75, 3.05) is 11.5 Å². The second-order valence-corrected chi connectivity index (χ2v) is 7.49. The predicted molar refractivity (Wildman–Crippen MR) is 117 cm³/mol. The fraction of sp³-hybridized carbons (Fsp3) is 0.200. The summed E-state index contributed by atoms with van der Waals surface area (Å²) in [6, 6.07) is 12.5. The predicted octanol–water partition coefficient (Wildman–Crippen LogP) is 5.14. The number of hydrogen-bond donors (Lipinski definition) is 1. The first kappa shape index (κ1) is 21.4. The number of amides is 1. The monoisotopic (exact) mass is 435 g/mol. The Hall–Kier alpha value is -3.87. The van der Waals surface area contributed by atoms with Gasteiger partial charge < -0.3 is 14.3 Å². The molecule has 3 aromatic rings. The lowest BCUT2D eigenvalue weighted by molar-refractivity contribution is -0.132. The molecule has 7 heteroatoms. The topological polar surface area (TPSA) is 80.0 Å². The summed E-state index contributed by atoms with van der Waals surface area (Å²) in [5.41, 5.74) is 1.37. The van der Waals surface area contributed by atoms with Crippen molar-refractivity contribution in [3.05, 3.63) is 89.1 Å². The van der Waals surface area contributed by atoms with Crippen LogP contribution >= 0.6 is 0 Å². The van der Waals surface area contributed by atoms with Crippen LogP contribution in [-0.4, -0.2) is 23.4 Å². The smallest absolute Gasteiger partial charge is 0.300 e. The van der Waals surface area contributed by atoms with Gasteiger partial charge in [-0.25, -0.2) is 4.39 Å². The van der Waals surface area contributed by atoms with Gasteiger partial charge in [-0.15, -0.1) is 0 Å². The molecule has 1 N–H and O–H groups in total. The highest BCUT2D eigenvalue weighted by atomic mass is 19.1. The van der Waals surface area contributed by atoms with E-state index in [4.69, 9.17) is 9.15 Å². The van der Waals surface area contributed by atoms with E-state index in [0.29, 0.717) is 29.4 Å². The normalized spacial score (nSPS) is 17.7. The molecule has 164 valence electrons. The van der Waals surface area contributed by atoms with Gasteiger partial charge in [0.2, 0.25) is 0 Å². The molecule has 1 fully saturated rings. The molecule has 1 amide bonds. The number of hydrogen-bond acceptors (Lipinski definition) is 5. The van der Waals surface area contributed by atoms with Crippen molar-refractivity contribution in [1.29, 1.82) is 0 Å². The van der Waals surface area contributed by atoms with Crippen molar-refractivity contribution >= 4 is 23.1 Å². The van der Waals surface area contributed by atoms with Gasteiger partial charge in [0.1, 0.15) is 29.1 Å². The molecular formula is C25H22FNO5. The number of benzene rings is 2. The summed E-state index contributed by atoms with van der Waals surface area (Å²) in [6.45, 7) is 4.40. The lowest BCUT2D eigenvalue weighted by Crippen LogP contribution is -2.29. The lowest BCUT2D eigenvalue weighted by Gasteiger charge is -2.23. The fourth-order valence-corrected chi connectivity index (χ4v) is 3.74. The van der Waals surface area contributed by atoms with Gasteiger partial charge in [0.05, 0.1) is 18.4 Å².